The van der Waals surface area contributed by atoms with Crippen LogP contribution < -0.4 is 16.4 Å². The summed E-state index contributed by atoms with van der Waals surface area (Å²) < 4.78 is 0. The van der Waals surface area contributed by atoms with Crippen molar-refractivity contribution >= 4 is 11.7 Å². The quantitative estimate of drug-likeness (QED) is 0.868. The number of nitrogens with two attached hydrogens (primary N) is 2. The summed E-state index contributed by atoms with van der Waals surface area (Å²) in [5.41, 5.74) is 13.0. The molecule has 0 saturated heterocycles. The van der Waals surface area contributed by atoms with Crippen LogP contribution in [0.3, 0.4) is 0 Å². The average molecular weight is 290 g/mol. The van der Waals surface area contributed by atoms with Crippen LogP contribution in [0, 0.1) is 6.92 Å². The first-order valence-electron chi connectivity index (χ1n) is 7.82. The van der Waals surface area contributed by atoms with E-state index in [0.717, 1.165) is 50.0 Å². The van der Waals surface area contributed by atoms with Gasteiger partial charge in [-0.2, -0.15) is 0 Å². The van der Waals surface area contributed by atoms with Crippen molar-refractivity contribution in [3.63, 3.8) is 0 Å². The van der Waals surface area contributed by atoms with E-state index in [0.29, 0.717) is 17.6 Å². The smallest absolute Gasteiger partial charge is 0.252 e. The summed E-state index contributed by atoms with van der Waals surface area (Å²) in [6.45, 7) is 4.93. The summed E-state index contributed by atoms with van der Waals surface area (Å²) in [5, 5.41) is 0. The third-order valence-electron chi connectivity index (χ3n) is 4.30. The molecule has 2 rings (SSSR count). The topological polar surface area (TPSA) is 85.2 Å². The van der Waals surface area contributed by atoms with Gasteiger partial charge < -0.3 is 16.4 Å². The van der Waals surface area contributed by atoms with Crippen molar-refractivity contribution in [3.05, 3.63) is 23.4 Å². The fourth-order valence-corrected chi connectivity index (χ4v) is 3.18. The first-order valence-corrected chi connectivity index (χ1v) is 7.82. The van der Waals surface area contributed by atoms with Crippen molar-refractivity contribution in [2.45, 2.75) is 58.0 Å². The minimum Gasteiger partial charge on any atom is -0.365 e. The lowest BCUT2D eigenvalue weighted by molar-refractivity contribution is 0.0999. The third-order valence-corrected chi connectivity index (χ3v) is 4.30. The van der Waals surface area contributed by atoms with Crippen molar-refractivity contribution < 1.29 is 4.79 Å². The van der Waals surface area contributed by atoms with E-state index in [1.54, 1.807) is 6.20 Å². The molecule has 1 aliphatic carbocycles. The van der Waals surface area contributed by atoms with Gasteiger partial charge in [0.15, 0.2) is 0 Å². The van der Waals surface area contributed by atoms with Gasteiger partial charge >= 0.3 is 0 Å². The number of pyridine rings is 1. The number of amides is 1. The van der Waals surface area contributed by atoms with E-state index in [9.17, 15) is 4.79 Å². The number of carbonyl (C=O) groups excluding carboxylic acids is 1. The maximum absolute atomic E-state index is 11.8. The second kappa shape index (κ2) is 6.89. The fraction of sp³-hybridized carbons (Fsp3) is 0.625. The van der Waals surface area contributed by atoms with Gasteiger partial charge in [-0.25, -0.2) is 4.98 Å². The zero-order valence-corrected chi connectivity index (χ0v) is 13.0. The Hall–Kier alpha value is -1.62. The van der Waals surface area contributed by atoms with Crippen LogP contribution in [0.1, 0.15) is 54.9 Å². The number of hydrogen-bond acceptors (Lipinski definition) is 4. The SMILES string of the molecule is CCCN(c1nccc(C)c1C(N)=O)C1CCC(N)CC1. The fourth-order valence-electron chi connectivity index (χ4n) is 3.18. The second-order valence-corrected chi connectivity index (χ2v) is 5.95. The minimum atomic E-state index is -0.399. The highest BCUT2D eigenvalue weighted by Crippen LogP contribution is 2.29. The van der Waals surface area contributed by atoms with E-state index < -0.39 is 5.91 Å². The standard InChI is InChI=1S/C16H26N4O/c1-3-10-20(13-6-4-12(17)5-7-13)16-14(15(18)21)11(2)8-9-19-16/h8-9,12-13H,3-7,10,17H2,1-2H3,(H2,18,21). The summed E-state index contributed by atoms with van der Waals surface area (Å²) in [5.74, 6) is 0.342. The minimum absolute atomic E-state index is 0.311. The molecule has 0 aliphatic heterocycles. The second-order valence-electron chi connectivity index (χ2n) is 5.95. The molecule has 1 heterocycles. The van der Waals surface area contributed by atoms with Crippen LogP contribution in [0.5, 0.6) is 0 Å². The number of nitrogens with zero attached hydrogens (tertiary/aromatic N) is 2. The first-order chi connectivity index (χ1) is 10.0. The Morgan fingerprint density at radius 3 is 2.62 bits per heavy atom. The van der Waals surface area contributed by atoms with Crippen LogP contribution in [0.2, 0.25) is 0 Å². The Balaban J connectivity index is 2.34. The monoisotopic (exact) mass is 290 g/mol. The Kier molecular flexibility index (Phi) is 5.17. The Morgan fingerprint density at radius 2 is 2.05 bits per heavy atom. The molecule has 1 aromatic heterocycles. The number of primary amides is 1. The molecule has 0 aromatic carbocycles. The maximum Gasteiger partial charge on any atom is 0.252 e. The predicted molar refractivity (Wildman–Crippen MR) is 85.4 cm³/mol. The zero-order chi connectivity index (χ0) is 15.4. The summed E-state index contributed by atoms with van der Waals surface area (Å²) in [7, 11) is 0. The molecule has 0 radical (unpaired) electrons. The molecule has 5 heteroatoms. The number of hydrogen-bond donors (Lipinski definition) is 2. The molecule has 0 bridgehead atoms. The highest BCUT2D eigenvalue weighted by atomic mass is 16.1. The molecule has 0 unspecified atom stereocenters. The van der Waals surface area contributed by atoms with E-state index in [2.05, 4.69) is 16.8 Å². The van der Waals surface area contributed by atoms with Gasteiger partial charge in [-0.3, -0.25) is 4.79 Å². The van der Waals surface area contributed by atoms with Crippen molar-refractivity contribution in [2.24, 2.45) is 11.5 Å². The lowest BCUT2D eigenvalue weighted by Crippen LogP contribution is -2.42. The molecule has 116 valence electrons. The van der Waals surface area contributed by atoms with Crippen LogP contribution in [-0.4, -0.2) is 29.5 Å². The van der Waals surface area contributed by atoms with Gasteiger partial charge in [0.2, 0.25) is 0 Å². The largest absolute Gasteiger partial charge is 0.365 e. The van der Waals surface area contributed by atoms with Gasteiger partial charge in [0.05, 0.1) is 5.56 Å². The normalized spacial score (nSPS) is 22.0. The van der Waals surface area contributed by atoms with Crippen LogP contribution in [0.25, 0.3) is 0 Å². The molecule has 21 heavy (non-hydrogen) atoms. The molecule has 1 aromatic rings. The first kappa shape index (κ1) is 15.8. The third kappa shape index (κ3) is 3.53. The number of aromatic nitrogens is 1. The van der Waals surface area contributed by atoms with Gasteiger partial charge in [-0.15, -0.1) is 0 Å². The molecule has 0 spiro atoms. The molecule has 1 aliphatic rings. The van der Waals surface area contributed by atoms with Crippen molar-refractivity contribution in [1.29, 1.82) is 0 Å². The molecular weight excluding hydrogens is 264 g/mol. The molecule has 4 N–H and O–H groups in total. The average Bonchev–Trinajstić information content (AvgIpc) is 2.45. The Morgan fingerprint density at radius 1 is 1.38 bits per heavy atom. The molecule has 5 nitrogen and oxygen atoms in total. The van der Waals surface area contributed by atoms with E-state index in [1.165, 1.54) is 0 Å². The lowest BCUT2D eigenvalue weighted by atomic mass is 9.90. The Bertz CT molecular complexity index is 495. The highest BCUT2D eigenvalue weighted by molar-refractivity contribution is 5.99. The number of carbonyl (C=O) groups is 1. The van der Waals surface area contributed by atoms with Gasteiger partial charge in [-0.05, 0) is 50.7 Å². The highest BCUT2D eigenvalue weighted by Gasteiger charge is 2.27. The van der Waals surface area contributed by atoms with E-state index in [1.807, 2.05) is 13.0 Å². The maximum atomic E-state index is 11.8. The summed E-state index contributed by atoms with van der Waals surface area (Å²) in [4.78, 5) is 18.6. The summed E-state index contributed by atoms with van der Waals surface area (Å²) >= 11 is 0. The van der Waals surface area contributed by atoms with Crippen LogP contribution >= 0.6 is 0 Å². The van der Waals surface area contributed by atoms with E-state index >= 15 is 0 Å². The van der Waals surface area contributed by atoms with Crippen LogP contribution in [-0.2, 0) is 0 Å². The van der Waals surface area contributed by atoms with Crippen LogP contribution in [0.4, 0.5) is 5.82 Å². The zero-order valence-electron chi connectivity index (χ0n) is 13.0. The van der Waals surface area contributed by atoms with Gasteiger partial charge in [0, 0.05) is 24.8 Å². The molecule has 1 fully saturated rings. The molecule has 0 atom stereocenters. The van der Waals surface area contributed by atoms with Gasteiger partial charge in [0.1, 0.15) is 5.82 Å². The van der Waals surface area contributed by atoms with Gasteiger partial charge in [-0.1, -0.05) is 6.92 Å². The lowest BCUT2D eigenvalue weighted by Gasteiger charge is -2.37. The molecule has 1 amide bonds. The number of rotatable bonds is 5. The Labute approximate surface area is 126 Å². The molecular formula is C16H26N4O. The van der Waals surface area contributed by atoms with Crippen molar-refractivity contribution in [2.75, 3.05) is 11.4 Å². The van der Waals surface area contributed by atoms with E-state index in [-0.39, 0.29) is 0 Å². The van der Waals surface area contributed by atoms with Crippen molar-refractivity contribution in [3.8, 4) is 0 Å². The summed E-state index contributed by atoms with van der Waals surface area (Å²) in [6, 6.07) is 2.55. The predicted octanol–water partition coefficient (Wildman–Crippen LogP) is 1.98. The number of anilines is 1. The number of aryl methyl sites for hydroxylation is 1. The van der Waals surface area contributed by atoms with Crippen molar-refractivity contribution in [1.82, 2.24) is 4.98 Å². The van der Waals surface area contributed by atoms with Crippen LogP contribution in [0.15, 0.2) is 12.3 Å². The summed E-state index contributed by atoms with van der Waals surface area (Å²) in [6.07, 6.45) is 6.93. The van der Waals surface area contributed by atoms with Gasteiger partial charge in [0.25, 0.3) is 5.91 Å². The van der Waals surface area contributed by atoms with E-state index in [4.69, 9.17) is 11.5 Å². The molecule has 1 saturated carbocycles.